The highest BCUT2D eigenvalue weighted by atomic mass is 79.9. The number of hydrogen-bond donors (Lipinski definition) is 2. The number of alkyl halides is 7. The van der Waals surface area contributed by atoms with E-state index in [1.54, 1.807) is 0 Å². The molecule has 15 heteroatoms. The zero-order chi connectivity index (χ0) is 23.9. The van der Waals surface area contributed by atoms with Crippen molar-refractivity contribution in [2.75, 3.05) is 5.32 Å². The van der Waals surface area contributed by atoms with E-state index < -0.39 is 67.4 Å². The number of aromatic hydroxyl groups is 1. The first-order chi connectivity index (χ1) is 14.0. The summed E-state index contributed by atoms with van der Waals surface area (Å²) in [5.41, 5.74) is -12.4. The number of nitro benzene ring substituents is 1. The summed E-state index contributed by atoms with van der Waals surface area (Å²) in [6.45, 7) is 0. The zero-order valence-electron chi connectivity index (χ0n) is 14.4. The number of phenolic OH excluding ortho intramolecular Hbond substituents is 1. The van der Waals surface area contributed by atoms with Crippen molar-refractivity contribution in [2.45, 2.75) is 18.0 Å². The highest BCUT2D eigenvalue weighted by Crippen LogP contribution is 2.58. The van der Waals surface area contributed by atoms with Gasteiger partial charge in [-0.3, -0.25) is 14.9 Å². The molecule has 6 nitrogen and oxygen atoms in total. The van der Waals surface area contributed by atoms with Crippen LogP contribution in [-0.2, 0) is 5.67 Å². The van der Waals surface area contributed by atoms with Gasteiger partial charge in [-0.2, -0.15) is 30.7 Å². The van der Waals surface area contributed by atoms with Crippen molar-refractivity contribution in [3.05, 3.63) is 61.9 Å². The molecule has 0 spiro atoms. The summed E-state index contributed by atoms with van der Waals surface area (Å²) in [7, 11) is 0. The van der Waals surface area contributed by atoms with Gasteiger partial charge in [-0.25, -0.2) is 4.39 Å². The lowest BCUT2D eigenvalue weighted by Gasteiger charge is -2.32. The Kier molecular flexibility index (Phi) is 6.22. The number of amides is 1. The van der Waals surface area contributed by atoms with Crippen LogP contribution in [0.15, 0.2) is 34.8 Å². The monoisotopic (exact) mass is 522 g/mol. The number of benzene rings is 2. The average Bonchev–Trinajstić information content (AvgIpc) is 2.62. The Labute approximate surface area is 174 Å². The molecule has 31 heavy (non-hydrogen) atoms. The highest BCUT2D eigenvalue weighted by Gasteiger charge is 2.75. The molecule has 0 radical (unpaired) electrons. The van der Waals surface area contributed by atoms with Crippen LogP contribution in [-0.4, -0.2) is 28.3 Å². The van der Waals surface area contributed by atoms with Crippen LogP contribution in [0, 0.1) is 15.9 Å². The van der Waals surface area contributed by atoms with Gasteiger partial charge < -0.3 is 10.4 Å². The van der Waals surface area contributed by atoms with Crippen LogP contribution in [0.4, 0.5) is 46.5 Å². The van der Waals surface area contributed by atoms with Gasteiger partial charge in [0.15, 0.2) is 0 Å². The fourth-order valence-electron chi connectivity index (χ4n) is 2.50. The Morgan fingerprint density at radius 1 is 1.03 bits per heavy atom. The number of rotatable bonds is 4. The number of carbonyl (C=O) groups is 1. The predicted molar refractivity (Wildman–Crippen MR) is 91.7 cm³/mol. The molecule has 0 unspecified atom stereocenters. The molecule has 0 saturated heterocycles. The molecule has 0 atom stereocenters. The summed E-state index contributed by atoms with van der Waals surface area (Å²) in [5, 5.41) is 21.9. The van der Waals surface area contributed by atoms with Crippen LogP contribution in [0.1, 0.15) is 15.9 Å². The molecular formula is C16H7BrF8N2O4. The molecule has 0 heterocycles. The fraction of sp³-hybridized carbons (Fsp3) is 0.188. The van der Waals surface area contributed by atoms with Crippen LogP contribution < -0.4 is 5.32 Å². The van der Waals surface area contributed by atoms with E-state index in [4.69, 9.17) is 0 Å². The Hall–Kier alpha value is -2.97. The lowest BCUT2D eigenvalue weighted by molar-refractivity contribution is -0.387. The molecule has 2 N–H and O–H groups in total. The average molecular weight is 523 g/mol. The molecule has 2 aromatic rings. The van der Waals surface area contributed by atoms with Gasteiger partial charge in [0.05, 0.1) is 21.7 Å². The standard InChI is InChI=1S/C16H7BrF8N2O4/c17-7-4-5-9(28)10(14(19,15(20,21)22)16(23,24)25)12(7)26-13(29)6-2-1-3-8(11(6)18)27(30)31/h1-5,28H,(H,26,29). The number of halogens is 9. The normalized spacial score (nSPS) is 12.5. The second-order valence-corrected chi connectivity index (χ2v) is 6.67. The first-order valence-electron chi connectivity index (χ1n) is 7.62. The molecule has 0 fully saturated rings. The summed E-state index contributed by atoms with van der Waals surface area (Å²) < 4.78 is 107. The van der Waals surface area contributed by atoms with E-state index in [0.29, 0.717) is 24.3 Å². The highest BCUT2D eigenvalue weighted by molar-refractivity contribution is 9.10. The van der Waals surface area contributed by atoms with Gasteiger partial charge in [-0.1, -0.05) is 6.07 Å². The first-order valence-corrected chi connectivity index (χ1v) is 8.42. The van der Waals surface area contributed by atoms with Crippen molar-refractivity contribution in [1.82, 2.24) is 0 Å². The molecule has 0 aromatic heterocycles. The van der Waals surface area contributed by atoms with Crippen LogP contribution in [0.3, 0.4) is 0 Å². The number of nitrogens with one attached hydrogen (secondary N) is 1. The van der Waals surface area contributed by atoms with Gasteiger partial charge in [0, 0.05) is 10.5 Å². The smallest absolute Gasteiger partial charge is 0.436 e. The van der Waals surface area contributed by atoms with Gasteiger partial charge in [0.1, 0.15) is 5.75 Å². The molecule has 0 saturated carbocycles. The summed E-state index contributed by atoms with van der Waals surface area (Å²) in [6.07, 6.45) is -13.3. The van der Waals surface area contributed by atoms with E-state index in [1.807, 2.05) is 0 Å². The van der Waals surface area contributed by atoms with Crippen molar-refractivity contribution in [2.24, 2.45) is 0 Å². The number of phenols is 1. The van der Waals surface area contributed by atoms with Gasteiger partial charge in [0.25, 0.3) is 5.91 Å². The molecule has 2 rings (SSSR count). The third kappa shape index (κ3) is 4.13. The van der Waals surface area contributed by atoms with E-state index in [-0.39, 0.29) is 0 Å². The lowest BCUT2D eigenvalue weighted by atomic mass is 9.91. The predicted octanol–water partition coefficient (Wildman–Crippen LogP) is 5.74. The molecule has 2 aromatic carbocycles. The van der Waals surface area contributed by atoms with E-state index in [2.05, 4.69) is 15.9 Å². The second kappa shape index (κ2) is 7.94. The number of hydrogen-bond acceptors (Lipinski definition) is 4. The molecule has 1 amide bonds. The number of nitro groups is 1. The molecular weight excluding hydrogens is 516 g/mol. The van der Waals surface area contributed by atoms with Gasteiger partial charge in [-0.05, 0) is 34.1 Å². The van der Waals surface area contributed by atoms with Crippen LogP contribution in [0.25, 0.3) is 0 Å². The minimum Gasteiger partial charge on any atom is -0.507 e. The third-order valence-corrected chi connectivity index (χ3v) is 4.58. The molecule has 0 aliphatic heterocycles. The molecule has 0 aliphatic carbocycles. The molecule has 0 aliphatic rings. The zero-order valence-corrected chi connectivity index (χ0v) is 16.0. The lowest BCUT2D eigenvalue weighted by Crippen LogP contribution is -2.50. The van der Waals surface area contributed by atoms with Crippen molar-refractivity contribution in [3.8, 4) is 5.75 Å². The van der Waals surface area contributed by atoms with Gasteiger partial charge in [0.2, 0.25) is 5.82 Å². The third-order valence-electron chi connectivity index (χ3n) is 3.92. The molecule has 168 valence electrons. The number of carbonyl (C=O) groups excluding carboxylic acids is 1. The summed E-state index contributed by atoms with van der Waals surface area (Å²) in [6, 6.07) is 3.09. The second-order valence-electron chi connectivity index (χ2n) is 5.82. The van der Waals surface area contributed by atoms with Crippen LogP contribution in [0.2, 0.25) is 0 Å². The minimum absolute atomic E-state index is 0.300. The Balaban J connectivity index is 2.73. The Morgan fingerprint density at radius 3 is 2.06 bits per heavy atom. The maximum Gasteiger partial charge on any atom is 0.436 e. The van der Waals surface area contributed by atoms with Crippen LogP contribution in [0.5, 0.6) is 5.75 Å². The maximum absolute atomic E-state index is 14.6. The molecule has 0 bridgehead atoms. The maximum atomic E-state index is 14.6. The van der Waals surface area contributed by atoms with Crippen molar-refractivity contribution < 1.29 is 49.9 Å². The first kappa shape index (κ1) is 24.3. The SMILES string of the molecule is O=C(Nc1c(Br)ccc(O)c1C(F)(C(F)(F)F)C(F)(F)F)c1cccc([N+](=O)[O-])c1F. The van der Waals surface area contributed by atoms with Crippen LogP contribution >= 0.6 is 15.9 Å². The van der Waals surface area contributed by atoms with E-state index >= 15 is 0 Å². The largest absolute Gasteiger partial charge is 0.507 e. The minimum atomic E-state index is -6.64. The van der Waals surface area contributed by atoms with E-state index in [0.717, 1.165) is 6.07 Å². The topological polar surface area (TPSA) is 92.5 Å². The fourth-order valence-corrected chi connectivity index (χ4v) is 2.93. The summed E-state index contributed by atoms with van der Waals surface area (Å²) in [5.74, 6) is -5.32. The van der Waals surface area contributed by atoms with Crippen molar-refractivity contribution >= 4 is 33.2 Å². The quantitative estimate of drug-likeness (QED) is 0.304. The van der Waals surface area contributed by atoms with Gasteiger partial charge >= 0.3 is 23.7 Å². The Morgan fingerprint density at radius 2 is 1.58 bits per heavy atom. The summed E-state index contributed by atoms with van der Waals surface area (Å²) >= 11 is 2.54. The Bertz CT molecular complexity index is 1040. The number of anilines is 1. The number of nitrogens with zero attached hydrogens (tertiary/aromatic N) is 1. The van der Waals surface area contributed by atoms with Crippen molar-refractivity contribution in [1.29, 1.82) is 0 Å². The van der Waals surface area contributed by atoms with Gasteiger partial charge in [-0.15, -0.1) is 0 Å². The van der Waals surface area contributed by atoms with E-state index in [1.165, 1.54) is 5.32 Å². The van der Waals surface area contributed by atoms with Crippen molar-refractivity contribution in [3.63, 3.8) is 0 Å². The summed E-state index contributed by atoms with van der Waals surface area (Å²) in [4.78, 5) is 21.8. The van der Waals surface area contributed by atoms with E-state index in [9.17, 15) is 55.1 Å².